The van der Waals surface area contributed by atoms with Gasteiger partial charge in [0.05, 0.1) is 0 Å². The maximum Gasteiger partial charge on any atom is 0.133 e. The Morgan fingerprint density at radius 1 is 1.60 bits per heavy atom. The Labute approximate surface area is 73.2 Å². The minimum Gasteiger partial charge on any atom is -0.355 e. The average Bonchev–Trinajstić information content (AvgIpc) is 1.88. The smallest absolute Gasteiger partial charge is 0.133 e. The lowest BCUT2D eigenvalue weighted by Crippen LogP contribution is -2.38. The fourth-order valence-corrected chi connectivity index (χ4v) is 1.95. The van der Waals surface area contributed by atoms with Crippen molar-refractivity contribution in [3.63, 3.8) is 0 Å². The first-order valence-electron chi connectivity index (χ1n) is 3.71. The molecule has 0 radical (unpaired) electrons. The van der Waals surface area contributed by atoms with E-state index in [0.29, 0.717) is 6.04 Å². The summed E-state index contributed by atoms with van der Waals surface area (Å²) in [6.07, 6.45) is 3.87. The summed E-state index contributed by atoms with van der Waals surface area (Å²) in [6, 6.07) is 0.610. The van der Waals surface area contributed by atoms with E-state index in [1.807, 2.05) is 0 Å². The van der Waals surface area contributed by atoms with Gasteiger partial charge in [-0.05, 0) is 26.2 Å². The summed E-state index contributed by atoms with van der Waals surface area (Å²) in [5.74, 6) is 0. The zero-order valence-electron chi connectivity index (χ0n) is 6.21. The van der Waals surface area contributed by atoms with E-state index in [1.54, 1.807) is 0 Å². The highest BCUT2D eigenvalue weighted by atomic mass is 32.1. The number of nitrogens with zero attached hydrogens (tertiary/aromatic N) is 1. The van der Waals surface area contributed by atoms with Crippen LogP contribution in [0.1, 0.15) is 26.2 Å². The molecule has 0 N–H and O–H groups in total. The quantitative estimate of drug-likeness (QED) is 0.443. The molecule has 1 fully saturated rings. The normalized spacial score (nSPS) is 26.6. The van der Waals surface area contributed by atoms with Crippen LogP contribution in [-0.2, 0) is 0 Å². The first-order valence-corrected chi connectivity index (χ1v) is 4.57. The van der Waals surface area contributed by atoms with E-state index in [9.17, 15) is 0 Å². The molecule has 0 spiro atoms. The number of thiol groups is 1. The van der Waals surface area contributed by atoms with E-state index >= 15 is 0 Å². The predicted molar refractivity (Wildman–Crippen MR) is 51.6 cm³/mol. The molecule has 0 unspecified atom stereocenters. The van der Waals surface area contributed by atoms with Gasteiger partial charge in [0.1, 0.15) is 4.32 Å². The van der Waals surface area contributed by atoms with Gasteiger partial charge in [-0.1, -0.05) is 12.2 Å². The number of hydrogen-bond acceptors (Lipinski definition) is 1. The highest BCUT2D eigenvalue weighted by Crippen LogP contribution is 2.17. The monoisotopic (exact) mass is 175 g/mol. The summed E-state index contributed by atoms with van der Waals surface area (Å²) in [5.41, 5.74) is 0. The largest absolute Gasteiger partial charge is 0.355 e. The Bertz CT molecular complexity index is 136. The Morgan fingerprint density at radius 3 is 2.70 bits per heavy atom. The van der Waals surface area contributed by atoms with Crippen LogP contribution >= 0.6 is 24.8 Å². The number of rotatable bonds is 0. The van der Waals surface area contributed by atoms with Crippen molar-refractivity contribution in [2.45, 2.75) is 32.2 Å². The van der Waals surface area contributed by atoms with E-state index in [2.05, 4.69) is 24.5 Å². The molecule has 0 saturated carbocycles. The van der Waals surface area contributed by atoms with Crippen molar-refractivity contribution in [2.24, 2.45) is 0 Å². The average molecular weight is 175 g/mol. The lowest BCUT2D eigenvalue weighted by molar-refractivity contribution is 0.267. The van der Waals surface area contributed by atoms with Crippen LogP contribution in [0.2, 0.25) is 0 Å². The summed E-state index contributed by atoms with van der Waals surface area (Å²) in [6.45, 7) is 3.31. The summed E-state index contributed by atoms with van der Waals surface area (Å²) < 4.78 is 0.757. The highest BCUT2D eigenvalue weighted by Gasteiger charge is 2.17. The van der Waals surface area contributed by atoms with Crippen molar-refractivity contribution in [1.29, 1.82) is 0 Å². The SMILES string of the molecule is C[C@H]1CCCCN1C(=S)S. The second-order valence-electron chi connectivity index (χ2n) is 2.82. The molecule has 1 rings (SSSR count). The number of likely N-dealkylation sites (tertiary alicyclic amines) is 1. The zero-order chi connectivity index (χ0) is 7.56. The van der Waals surface area contributed by atoms with Gasteiger partial charge < -0.3 is 4.90 Å². The van der Waals surface area contributed by atoms with Crippen molar-refractivity contribution in [3.05, 3.63) is 0 Å². The van der Waals surface area contributed by atoms with Gasteiger partial charge in [0.15, 0.2) is 0 Å². The van der Waals surface area contributed by atoms with Crippen molar-refractivity contribution in [2.75, 3.05) is 6.54 Å². The molecule has 3 heteroatoms. The third-order valence-electron chi connectivity index (χ3n) is 2.05. The van der Waals surface area contributed by atoms with Gasteiger partial charge >= 0.3 is 0 Å². The Balaban J connectivity index is 2.47. The molecule has 58 valence electrons. The molecule has 0 aromatic carbocycles. The lowest BCUT2D eigenvalue weighted by atomic mass is 10.1. The Kier molecular flexibility index (Phi) is 2.98. The van der Waals surface area contributed by atoms with Crippen molar-refractivity contribution in [1.82, 2.24) is 4.90 Å². The van der Waals surface area contributed by atoms with Gasteiger partial charge in [-0.2, -0.15) is 0 Å². The molecule has 1 nitrogen and oxygen atoms in total. The third-order valence-corrected chi connectivity index (χ3v) is 2.54. The van der Waals surface area contributed by atoms with E-state index in [4.69, 9.17) is 12.2 Å². The van der Waals surface area contributed by atoms with Gasteiger partial charge in [-0.15, -0.1) is 12.6 Å². The van der Waals surface area contributed by atoms with E-state index in [1.165, 1.54) is 19.3 Å². The lowest BCUT2D eigenvalue weighted by Gasteiger charge is -2.33. The second-order valence-corrected chi connectivity index (χ2v) is 3.93. The maximum absolute atomic E-state index is 4.98. The molecule has 0 amide bonds. The minimum atomic E-state index is 0.610. The number of piperidine rings is 1. The van der Waals surface area contributed by atoms with Gasteiger partial charge in [0.2, 0.25) is 0 Å². The van der Waals surface area contributed by atoms with E-state index in [-0.39, 0.29) is 0 Å². The van der Waals surface area contributed by atoms with Crippen LogP contribution in [-0.4, -0.2) is 21.8 Å². The van der Waals surface area contributed by atoms with Crippen molar-refractivity contribution >= 4 is 29.2 Å². The molecule has 10 heavy (non-hydrogen) atoms. The van der Waals surface area contributed by atoms with Gasteiger partial charge in [-0.25, -0.2) is 0 Å². The molecule has 0 bridgehead atoms. The summed E-state index contributed by atoms with van der Waals surface area (Å²) in [7, 11) is 0. The van der Waals surface area contributed by atoms with Gasteiger partial charge in [0, 0.05) is 12.6 Å². The molecule has 1 aliphatic heterocycles. The molecule has 1 atom stereocenters. The van der Waals surface area contributed by atoms with Crippen LogP contribution in [0.15, 0.2) is 0 Å². The second kappa shape index (κ2) is 3.58. The fraction of sp³-hybridized carbons (Fsp3) is 0.857. The first kappa shape index (κ1) is 8.34. The van der Waals surface area contributed by atoms with Crippen LogP contribution in [0.25, 0.3) is 0 Å². The molecular formula is C7H13NS2. The Hall–Kier alpha value is 0.240. The molecule has 0 aromatic rings. The minimum absolute atomic E-state index is 0.610. The number of thiocarbonyl (C=S) groups is 1. The highest BCUT2D eigenvalue weighted by molar-refractivity contribution is 8.10. The molecule has 1 saturated heterocycles. The van der Waals surface area contributed by atoms with Gasteiger partial charge in [-0.3, -0.25) is 0 Å². The summed E-state index contributed by atoms with van der Waals surface area (Å²) >= 11 is 9.14. The Morgan fingerprint density at radius 2 is 2.30 bits per heavy atom. The van der Waals surface area contributed by atoms with Crippen LogP contribution in [0, 0.1) is 0 Å². The maximum atomic E-state index is 4.98. The molecule has 0 aromatic heterocycles. The molecule has 1 heterocycles. The summed E-state index contributed by atoms with van der Waals surface area (Å²) in [5, 5.41) is 0. The predicted octanol–water partition coefficient (Wildman–Crippen LogP) is 2.08. The molecule has 0 aliphatic carbocycles. The molecular weight excluding hydrogens is 162 g/mol. The standard InChI is InChI=1S/C7H13NS2/c1-6-4-2-3-5-8(6)7(9)10/h6H,2-5H2,1H3,(H,9,10)/t6-/m0/s1. The fourth-order valence-electron chi connectivity index (χ4n) is 1.38. The third kappa shape index (κ3) is 1.86. The van der Waals surface area contributed by atoms with Crippen LogP contribution in [0.5, 0.6) is 0 Å². The van der Waals surface area contributed by atoms with Crippen LogP contribution in [0.3, 0.4) is 0 Å². The van der Waals surface area contributed by atoms with Crippen molar-refractivity contribution < 1.29 is 0 Å². The van der Waals surface area contributed by atoms with Crippen molar-refractivity contribution in [3.8, 4) is 0 Å². The molecule has 1 aliphatic rings. The van der Waals surface area contributed by atoms with Gasteiger partial charge in [0.25, 0.3) is 0 Å². The summed E-state index contributed by atoms with van der Waals surface area (Å²) in [4.78, 5) is 2.20. The van der Waals surface area contributed by atoms with E-state index in [0.717, 1.165) is 10.9 Å². The van der Waals surface area contributed by atoms with Crippen LogP contribution in [0.4, 0.5) is 0 Å². The van der Waals surface area contributed by atoms with Crippen LogP contribution < -0.4 is 0 Å². The first-order chi connectivity index (χ1) is 4.72. The number of hydrogen-bond donors (Lipinski definition) is 1. The van der Waals surface area contributed by atoms with E-state index < -0.39 is 0 Å². The topological polar surface area (TPSA) is 3.24 Å². The zero-order valence-corrected chi connectivity index (χ0v) is 7.92.